The first kappa shape index (κ1) is 35.0. The van der Waals surface area contributed by atoms with Gasteiger partial charge in [0.2, 0.25) is 0 Å². The van der Waals surface area contributed by atoms with Crippen LogP contribution >= 0.6 is 0 Å². The summed E-state index contributed by atoms with van der Waals surface area (Å²) in [6, 6.07) is 11.1. The molecule has 2 aromatic carbocycles. The molecule has 2 atom stereocenters. The van der Waals surface area contributed by atoms with E-state index >= 15 is 0 Å². The van der Waals surface area contributed by atoms with Crippen LogP contribution in [-0.2, 0) is 6.42 Å². The van der Waals surface area contributed by atoms with E-state index in [0.717, 1.165) is 17.0 Å². The lowest BCUT2D eigenvalue weighted by atomic mass is 9.69. The van der Waals surface area contributed by atoms with Crippen LogP contribution in [0.15, 0.2) is 77.9 Å². The SMILES string of the molecule is C=CC1=C(C)C=C2CCC(C)C2(C)C1.CC.CCc1cccc(F)c1C(=O)NC(C)(C)C.Cc1ccc(F)cc1. The minimum Gasteiger partial charge on any atom is -0.347 e. The van der Waals surface area contributed by atoms with Crippen molar-refractivity contribution in [1.82, 2.24) is 5.32 Å². The Balaban J connectivity index is 0.000000304. The fraction of sp³-hybridized carbons (Fsp3) is 0.472. The molecule has 0 spiro atoms. The average Bonchev–Trinajstić information content (AvgIpc) is 3.19. The zero-order valence-corrected chi connectivity index (χ0v) is 26.5. The number of hydrogen-bond acceptors (Lipinski definition) is 1. The molecule has 1 amide bonds. The van der Waals surface area contributed by atoms with Crippen LogP contribution in [0.1, 0.15) is 103 Å². The third kappa shape index (κ3) is 9.87. The Labute approximate surface area is 242 Å². The molecule has 0 saturated heterocycles. The predicted octanol–water partition coefficient (Wildman–Crippen LogP) is 10.3. The van der Waals surface area contributed by atoms with E-state index in [4.69, 9.17) is 0 Å². The van der Waals surface area contributed by atoms with Crippen molar-refractivity contribution in [3.05, 3.63) is 106 Å². The minimum atomic E-state index is -0.457. The summed E-state index contributed by atoms with van der Waals surface area (Å²) in [7, 11) is 0. The molecule has 40 heavy (non-hydrogen) atoms. The number of hydrogen-bond donors (Lipinski definition) is 1. The molecular formula is C36H51F2NO. The van der Waals surface area contributed by atoms with E-state index in [-0.39, 0.29) is 22.8 Å². The summed E-state index contributed by atoms with van der Waals surface area (Å²) in [6.07, 6.45) is 8.96. The number of aryl methyl sites for hydroxylation is 2. The second-order valence-electron chi connectivity index (χ2n) is 11.7. The minimum absolute atomic E-state index is 0.167. The van der Waals surface area contributed by atoms with Gasteiger partial charge in [-0.15, -0.1) is 0 Å². The van der Waals surface area contributed by atoms with Crippen molar-refractivity contribution in [1.29, 1.82) is 0 Å². The second-order valence-corrected chi connectivity index (χ2v) is 11.7. The van der Waals surface area contributed by atoms with Gasteiger partial charge in [-0.3, -0.25) is 4.79 Å². The zero-order chi connectivity index (χ0) is 30.7. The predicted molar refractivity (Wildman–Crippen MR) is 168 cm³/mol. The van der Waals surface area contributed by atoms with E-state index in [1.54, 1.807) is 29.8 Å². The van der Waals surface area contributed by atoms with Crippen molar-refractivity contribution >= 4 is 5.91 Å². The quantitative estimate of drug-likeness (QED) is 0.404. The Bertz CT molecular complexity index is 1160. The molecule has 4 heteroatoms. The third-order valence-electron chi connectivity index (χ3n) is 7.58. The highest BCUT2D eigenvalue weighted by atomic mass is 19.1. The summed E-state index contributed by atoms with van der Waals surface area (Å²) in [5.41, 5.74) is 6.63. The molecular weight excluding hydrogens is 500 g/mol. The van der Waals surface area contributed by atoms with E-state index in [2.05, 4.69) is 38.7 Å². The first-order valence-electron chi connectivity index (χ1n) is 14.6. The highest BCUT2D eigenvalue weighted by Crippen LogP contribution is 2.53. The first-order valence-corrected chi connectivity index (χ1v) is 14.6. The maximum atomic E-state index is 13.6. The van der Waals surface area contributed by atoms with Crippen LogP contribution in [0.5, 0.6) is 0 Å². The van der Waals surface area contributed by atoms with Gasteiger partial charge in [-0.2, -0.15) is 0 Å². The van der Waals surface area contributed by atoms with E-state index in [1.807, 2.05) is 54.5 Å². The normalized spacial score (nSPS) is 19.4. The molecule has 220 valence electrons. The summed E-state index contributed by atoms with van der Waals surface area (Å²) in [6.45, 7) is 24.4. The van der Waals surface area contributed by atoms with Gasteiger partial charge in [-0.25, -0.2) is 8.78 Å². The summed E-state index contributed by atoms with van der Waals surface area (Å²) >= 11 is 0. The van der Waals surface area contributed by atoms with Crippen molar-refractivity contribution in [3.63, 3.8) is 0 Å². The molecule has 1 fully saturated rings. The lowest BCUT2D eigenvalue weighted by molar-refractivity contribution is 0.0914. The van der Waals surface area contributed by atoms with E-state index in [1.165, 1.54) is 48.6 Å². The Morgan fingerprint density at radius 1 is 1.10 bits per heavy atom. The third-order valence-corrected chi connectivity index (χ3v) is 7.58. The molecule has 2 aliphatic carbocycles. The molecule has 0 radical (unpaired) electrons. The molecule has 0 bridgehead atoms. The number of allylic oxidation sites excluding steroid dienone is 5. The van der Waals surface area contributed by atoms with Crippen LogP contribution in [0, 0.1) is 29.9 Å². The van der Waals surface area contributed by atoms with Gasteiger partial charge in [0.15, 0.2) is 0 Å². The number of amides is 1. The molecule has 2 nitrogen and oxygen atoms in total. The van der Waals surface area contributed by atoms with E-state index in [0.29, 0.717) is 11.8 Å². The lowest BCUT2D eigenvalue weighted by Gasteiger charge is -2.35. The maximum absolute atomic E-state index is 13.6. The summed E-state index contributed by atoms with van der Waals surface area (Å²) < 4.78 is 25.7. The van der Waals surface area contributed by atoms with Crippen LogP contribution in [0.3, 0.4) is 0 Å². The van der Waals surface area contributed by atoms with Gasteiger partial charge in [0.05, 0.1) is 5.56 Å². The zero-order valence-electron chi connectivity index (χ0n) is 26.5. The first-order chi connectivity index (χ1) is 18.7. The number of fused-ring (bicyclic) bond motifs is 1. The summed E-state index contributed by atoms with van der Waals surface area (Å²) in [5.74, 6) is -0.143. The van der Waals surface area contributed by atoms with E-state index < -0.39 is 5.82 Å². The number of halogens is 2. The van der Waals surface area contributed by atoms with Crippen molar-refractivity contribution in [2.45, 2.75) is 100 Å². The van der Waals surface area contributed by atoms with Gasteiger partial charge in [-0.05, 0) is 107 Å². The monoisotopic (exact) mass is 551 g/mol. The fourth-order valence-electron chi connectivity index (χ4n) is 4.99. The van der Waals surface area contributed by atoms with Crippen molar-refractivity contribution < 1.29 is 13.6 Å². The molecule has 1 N–H and O–H groups in total. The molecule has 0 aromatic heterocycles. The molecule has 0 aliphatic heterocycles. The van der Waals surface area contributed by atoms with Crippen LogP contribution in [0.2, 0.25) is 0 Å². The maximum Gasteiger partial charge on any atom is 0.254 e. The van der Waals surface area contributed by atoms with Crippen molar-refractivity contribution in [2.24, 2.45) is 11.3 Å². The van der Waals surface area contributed by atoms with Gasteiger partial charge in [0.1, 0.15) is 11.6 Å². The average molecular weight is 552 g/mol. The standard InChI is InChI=1S/C14H20.C13H18FNO.C7H7F.C2H6/c1-5-12-9-14(4)11(3)6-7-13(14)8-10(12)2;1-5-9-7-6-8-10(14)11(9)12(16)15-13(2,3)4;1-6-2-4-7(8)5-3-6;1-2/h5,8,11H,1,6-7,9H2,2-4H3;6-8H,5H2,1-4H3,(H,15,16);2-5H,1H3;1-2H3. The van der Waals surface area contributed by atoms with Crippen molar-refractivity contribution in [2.75, 3.05) is 0 Å². The Morgan fingerprint density at radius 3 is 2.20 bits per heavy atom. The van der Waals surface area contributed by atoms with E-state index in [9.17, 15) is 13.6 Å². The van der Waals surface area contributed by atoms with Crippen LogP contribution in [-0.4, -0.2) is 11.4 Å². The van der Waals surface area contributed by atoms with Gasteiger partial charge in [0.25, 0.3) is 5.91 Å². The molecule has 4 rings (SSSR count). The van der Waals surface area contributed by atoms with Crippen molar-refractivity contribution in [3.8, 4) is 0 Å². The number of carbonyl (C=O) groups excluding carboxylic acids is 1. The van der Waals surface area contributed by atoms with Crippen LogP contribution in [0.4, 0.5) is 8.78 Å². The van der Waals surface area contributed by atoms with Gasteiger partial charge < -0.3 is 5.32 Å². The van der Waals surface area contributed by atoms with Gasteiger partial charge in [0, 0.05) is 5.54 Å². The number of nitrogens with one attached hydrogen (secondary N) is 1. The molecule has 2 unspecified atom stereocenters. The van der Waals surface area contributed by atoms with Crippen LogP contribution < -0.4 is 5.32 Å². The number of benzene rings is 2. The lowest BCUT2D eigenvalue weighted by Crippen LogP contribution is -2.41. The highest BCUT2D eigenvalue weighted by Gasteiger charge is 2.41. The summed E-state index contributed by atoms with van der Waals surface area (Å²) in [4.78, 5) is 11.9. The second kappa shape index (κ2) is 15.7. The fourth-order valence-corrected chi connectivity index (χ4v) is 4.99. The smallest absolute Gasteiger partial charge is 0.254 e. The van der Waals surface area contributed by atoms with Crippen LogP contribution in [0.25, 0.3) is 0 Å². The summed E-state index contributed by atoms with van der Waals surface area (Å²) in [5, 5.41) is 2.77. The van der Waals surface area contributed by atoms with Gasteiger partial charge >= 0.3 is 0 Å². The Hall–Kier alpha value is -3.01. The largest absolute Gasteiger partial charge is 0.347 e. The number of rotatable bonds is 3. The number of carbonyl (C=O) groups is 1. The highest BCUT2D eigenvalue weighted by molar-refractivity contribution is 5.96. The molecule has 2 aliphatic rings. The topological polar surface area (TPSA) is 29.1 Å². The Kier molecular flexibility index (Phi) is 13.7. The molecule has 2 aromatic rings. The Morgan fingerprint density at radius 2 is 1.70 bits per heavy atom. The molecule has 0 heterocycles. The molecule has 1 saturated carbocycles. The van der Waals surface area contributed by atoms with Gasteiger partial charge in [-0.1, -0.05) is 88.8 Å².